The van der Waals surface area contributed by atoms with Gasteiger partial charge in [0.25, 0.3) is 0 Å². The van der Waals surface area contributed by atoms with E-state index in [-0.39, 0.29) is 5.43 Å². The Morgan fingerprint density at radius 2 is 2.00 bits per heavy atom. The van der Waals surface area contributed by atoms with Crippen LogP contribution in [0.5, 0.6) is 0 Å². The zero-order valence-corrected chi connectivity index (χ0v) is 12.1. The molecule has 0 amide bonds. The molecule has 0 atom stereocenters. The van der Waals surface area contributed by atoms with Crippen LogP contribution in [0.3, 0.4) is 0 Å². The van der Waals surface area contributed by atoms with Gasteiger partial charge in [0.15, 0.2) is 5.43 Å². The van der Waals surface area contributed by atoms with Crippen LogP contribution in [-0.4, -0.2) is 35.8 Å². The summed E-state index contributed by atoms with van der Waals surface area (Å²) in [5.74, 6) is 0. The number of ether oxygens (including phenoxy) is 1. The Morgan fingerprint density at radius 1 is 1.25 bits per heavy atom. The summed E-state index contributed by atoms with van der Waals surface area (Å²) in [7, 11) is 1.98. The number of rotatable bonds is 2. The summed E-state index contributed by atoms with van der Waals surface area (Å²) in [5.41, 5.74) is 3.12. The van der Waals surface area contributed by atoms with Crippen molar-refractivity contribution < 1.29 is 4.74 Å². The van der Waals surface area contributed by atoms with Gasteiger partial charge in [-0.15, -0.1) is 0 Å². The van der Waals surface area contributed by atoms with Gasteiger partial charge >= 0.3 is 0 Å². The van der Waals surface area contributed by atoms with E-state index in [1.807, 2.05) is 36.9 Å². The SMILES string of the molecule is Cc1cn(C)c2ccc(CN3CCOCC3)cc2c1=O. The first-order chi connectivity index (χ1) is 9.65. The molecule has 20 heavy (non-hydrogen) atoms. The monoisotopic (exact) mass is 272 g/mol. The zero-order valence-electron chi connectivity index (χ0n) is 12.1. The van der Waals surface area contributed by atoms with E-state index < -0.39 is 0 Å². The second-order valence-electron chi connectivity index (χ2n) is 5.49. The predicted molar refractivity (Wildman–Crippen MR) is 80.0 cm³/mol. The van der Waals surface area contributed by atoms with Gasteiger partial charge in [-0.2, -0.15) is 0 Å². The first kappa shape index (κ1) is 13.3. The Labute approximate surface area is 118 Å². The van der Waals surface area contributed by atoms with Crippen LogP contribution in [0.15, 0.2) is 29.2 Å². The third kappa shape index (κ3) is 2.49. The number of fused-ring (bicyclic) bond motifs is 1. The lowest BCUT2D eigenvalue weighted by molar-refractivity contribution is 0.0342. The Balaban J connectivity index is 1.97. The molecular formula is C16H20N2O2. The lowest BCUT2D eigenvalue weighted by Crippen LogP contribution is -2.35. The number of hydrogen-bond acceptors (Lipinski definition) is 3. The quantitative estimate of drug-likeness (QED) is 0.834. The molecule has 0 unspecified atom stereocenters. The Hall–Kier alpha value is -1.65. The van der Waals surface area contributed by atoms with Crippen LogP contribution < -0.4 is 5.43 Å². The van der Waals surface area contributed by atoms with Crippen LogP contribution in [-0.2, 0) is 18.3 Å². The second-order valence-corrected chi connectivity index (χ2v) is 5.49. The highest BCUT2D eigenvalue weighted by Crippen LogP contribution is 2.15. The molecule has 1 fully saturated rings. The maximum atomic E-state index is 12.3. The van der Waals surface area contributed by atoms with E-state index in [0.29, 0.717) is 0 Å². The fraction of sp³-hybridized carbons (Fsp3) is 0.438. The largest absolute Gasteiger partial charge is 0.379 e. The topological polar surface area (TPSA) is 34.5 Å². The van der Waals surface area contributed by atoms with Crippen molar-refractivity contribution in [3.05, 3.63) is 45.7 Å². The van der Waals surface area contributed by atoms with Crippen molar-refractivity contribution in [2.75, 3.05) is 26.3 Å². The molecule has 0 saturated carbocycles. The molecule has 0 spiro atoms. The average Bonchev–Trinajstić information content (AvgIpc) is 2.46. The number of morpholine rings is 1. The fourth-order valence-corrected chi connectivity index (χ4v) is 2.82. The molecule has 2 heterocycles. The summed E-state index contributed by atoms with van der Waals surface area (Å²) in [6, 6.07) is 6.21. The van der Waals surface area contributed by atoms with Crippen LogP contribution in [0.1, 0.15) is 11.1 Å². The first-order valence-corrected chi connectivity index (χ1v) is 7.04. The molecular weight excluding hydrogens is 252 g/mol. The van der Waals surface area contributed by atoms with Gasteiger partial charge in [0.2, 0.25) is 0 Å². The molecule has 1 aliphatic rings. The minimum absolute atomic E-state index is 0.141. The number of pyridine rings is 1. The number of aryl methyl sites for hydroxylation is 2. The Bertz CT molecular complexity index is 685. The molecule has 0 aliphatic carbocycles. The van der Waals surface area contributed by atoms with Crippen molar-refractivity contribution >= 4 is 10.9 Å². The molecule has 1 saturated heterocycles. The standard InChI is InChI=1S/C16H20N2O2/c1-12-10-17(2)15-4-3-13(9-14(15)16(12)19)11-18-5-7-20-8-6-18/h3-4,9-10H,5-8,11H2,1-2H3. The fourth-order valence-electron chi connectivity index (χ4n) is 2.82. The van der Waals surface area contributed by atoms with E-state index in [0.717, 1.165) is 49.3 Å². The maximum Gasteiger partial charge on any atom is 0.192 e. The number of benzene rings is 1. The van der Waals surface area contributed by atoms with Gasteiger partial charge in [0, 0.05) is 43.8 Å². The van der Waals surface area contributed by atoms with E-state index in [1.165, 1.54) is 5.56 Å². The van der Waals surface area contributed by atoms with Crippen LogP contribution >= 0.6 is 0 Å². The van der Waals surface area contributed by atoms with E-state index in [4.69, 9.17) is 4.74 Å². The summed E-state index contributed by atoms with van der Waals surface area (Å²) in [6.07, 6.45) is 1.90. The molecule has 2 aromatic rings. The molecule has 1 aromatic heterocycles. The summed E-state index contributed by atoms with van der Waals surface area (Å²) >= 11 is 0. The molecule has 0 radical (unpaired) electrons. The van der Waals surface area contributed by atoms with Crippen molar-refractivity contribution in [2.24, 2.45) is 7.05 Å². The lowest BCUT2D eigenvalue weighted by Gasteiger charge is -2.26. The van der Waals surface area contributed by atoms with E-state index in [9.17, 15) is 4.79 Å². The minimum Gasteiger partial charge on any atom is -0.379 e. The third-order valence-electron chi connectivity index (χ3n) is 3.94. The minimum atomic E-state index is 0.141. The zero-order chi connectivity index (χ0) is 14.1. The molecule has 3 rings (SSSR count). The smallest absolute Gasteiger partial charge is 0.192 e. The van der Waals surface area contributed by atoms with Gasteiger partial charge in [0.05, 0.1) is 18.7 Å². The van der Waals surface area contributed by atoms with Crippen LogP contribution in [0.2, 0.25) is 0 Å². The molecule has 1 aromatic carbocycles. The molecule has 0 N–H and O–H groups in total. The predicted octanol–water partition coefficient (Wildman–Crippen LogP) is 1.68. The van der Waals surface area contributed by atoms with Gasteiger partial charge in [-0.1, -0.05) is 6.07 Å². The Morgan fingerprint density at radius 3 is 2.75 bits per heavy atom. The van der Waals surface area contributed by atoms with Crippen molar-refractivity contribution in [3.8, 4) is 0 Å². The summed E-state index contributed by atoms with van der Waals surface area (Å²) in [6.45, 7) is 6.28. The molecule has 0 bridgehead atoms. The van der Waals surface area contributed by atoms with Gasteiger partial charge in [0.1, 0.15) is 0 Å². The average molecular weight is 272 g/mol. The summed E-state index contributed by atoms with van der Waals surface area (Å²) in [4.78, 5) is 14.6. The van der Waals surface area contributed by atoms with Crippen molar-refractivity contribution in [1.82, 2.24) is 9.47 Å². The number of hydrogen-bond donors (Lipinski definition) is 0. The second kappa shape index (κ2) is 5.38. The van der Waals surface area contributed by atoms with Crippen LogP contribution in [0.4, 0.5) is 0 Å². The van der Waals surface area contributed by atoms with Gasteiger partial charge in [-0.25, -0.2) is 0 Å². The Kier molecular flexibility index (Phi) is 3.59. The first-order valence-electron chi connectivity index (χ1n) is 7.04. The van der Waals surface area contributed by atoms with E-state index in [2.05, 4.69) is 11.0 Å². The highest BCUT2D eigenvalue weighted by atomic mass is 16.5. The van der Waals surface area contributed by atoms with Crippen molar-refractivity contribution in [3.63, 3.8) is 0 Å². The summed E-state index contributed by atoms with van der Waals surface area (Å²) in [5, 5.41) is 0.818. The molecule has 1 aliphatic heterocycles. The van der Waals surface area contributed by atoms with Gasteiger partial charge < -0.3 is 9.30 Å². The molecule has 4 heteroatoms. The van der Waals surface area contributed by atoms with E-state index >= 15 is 0 Å². The normalized spacial score (nSPS) is 16.7. The van der Waals surface area contributed by atoms with Gasteiger partial charge in [-0.3, -0.25) is 9.69 Å². The van der Waals surface area contributed by atoms with Crippen molar-refractivity contribution in [2.45, 2.75) is 13.5 Å². The van der Waals surface area contributed by atoms with Crippen LogP contribution in [0.25, 0.3) is 10.9 Å². The lowest BCUT2D eigenvalue weighted by atomic mass is 10.1. The highest BCUT2D eigenvalue weighted by Gasteiger charge is 2.12. The molecule has 106 valence electrons. The van der Waals surface area contributed by atoms with Gasteiger partial charge in [-0.05, 0) is 24.6 Å². The highest BCUT2D eigenvalue weighted by molar-refractivity contribution is 5.80. The van der Waals surface area contributed by atoms with Crippen LogP contribution in [0, 0.1) is 6.92 Å². The molecule has 4 nitrogen and oxygen atoms in total. The third-order valence-corrected chi connectivity index (χ3v) is 3.94. The van der Waals surface area contributed by atoms with E-state index in [1.54, 1.807) is 0 Å². The summed E-state index contributed by atoms with van der Waals surface area (Å²) < 4.78 is 7.38. The number of nitrogens with zero attached hydrogens (tertiary/aromatic N) is 2. The maximum absolute atomic E-state index is 12.3. The number of aromatic nitrogens is 1. The van der Waals surface area contributed by atoms with Crippen molar-refractivity contribution in [1.29, 1.82) is 0 Å².